The third-order valence-corrected chi connectivity index (χ3v) is 3.87. The smallest absolute Gasteiger partial charge is 0.147 e. The summed E-state index contributed by atoms with van der Waals surface area (Å²) < 4.78 is 5.26. The number of ketones is 1. The third kappa shape index (κ3) is 3.05. The molecule has 0 spiro atoms. The lowest BCUT2D eigenvalue weighted by atomic mass is 10.1. The van der Waals surface area contributed by atoms with Crippen LogP contribution in [0.25, 0.3) is 0 Å². The van der Waals surface area contributed by atoms with Crippen LogP contribution in [-0.2, 0) is 10.1 Å². The molecule has 1 unspecified atom stereocenters. The number of carbonyl (C=O) groups is 1. The molecule has 0 N–H and O–H groups in total. The zero-order valence-electron chi connectivity index (χ0n) is 8.59. The Morgan fingerprint density at radius 3 is 2.67 bits per heavy atom. The first-order chi connectivity index (χ1) is 7.10. The highest BCUT2D eigenvalue weighted by molar-refractivity contribution is 9.09. The summed E-state index contributed by atoms with van der Waals surface area (Å²) >= 11 is 6.72. The molecule has 2 nitrogen and oxygen atoms in total. The second-order valence-electron chi connectivity index (χ2n) is 3.18. The Kier molecular flexibility index (Phi) is 4.80. The van der Waals surface area contributed by atoms with Crippen LogP contribution in [0, 0.1) is 0 Å². The fourth-order valence-electron chi connectivity index (χ4n) is 1.27. The van der Waals surface area contributed by atoms with E-state index in [1.54, 1.807) is 14.0 Å². The Morgan fingerprint density at radius 1 is 1.53 bits per heavy atom. The van der Waals surface area contributed by atoms with Crippen LogP contribution in [0.15, 0.2) is 18.2 Å². The number of alkyl halides is 2. The molecular formula is C11H12Br2O2. The van der Waals surface area contributed by atoms with Gasteiger partial charge in [0, 0.05) is 10.9 Å². The largest absolute Gasteiger partial charge is 0.496 e. The lowest BCUT2D eigenvalue weighted by Crippen LogP contribution is -2.03. The topological polar surface area (TPSA) is 26.3 Å². The Bertz CT molecular complexity index is 364. The maximum atomic E-state index is 11.3. The summed E-state index contributed by atoms with van der Waals surface area (Å²) in [5.41, 5.74) is 1.99. The van der Waals surface area contributed by atoms with Crippen molar-refractivity contribution < 1.29 is 9.53 Å². The van der Waals surface area contributed by atoms with Gasteiger partial charge in [-0.2, -0.15) is 0 Å². The summed E-state index contributed by atoms with van der Waals surface area (Å²) in [6, 6.07) is 5.82. The Labute approximate surface area is 106 Å². The monoisotopic (exact) mass is 334 g/mol. The summed E-state index contributed by atoms with van der Waals surface area (Å²) in [6.07, 6.45) is 0. The number of carbonyl (C=O) groups excluding carboxylic acids is 1. The van der Waals surface area contributed by atoms with E-state index < -0.39 is 0 Å². The standard InChI is InChI=1S/C11H12Br2O2/c1-7(14)11(13)9-4-3-8(6-12)5-10(9)15-2/h3-5,11H,6H2,1-2H3. The number of ether oxygens (including phenoxy) is 1. The third-order valence-electron chi connectivity index (χ3n) is 2.08. The van der Waals surface area contributed by atoms with Gasteiger partial charge in [-0.25, -0.2) is 0 Å². The average molecular weight is 336 g/mol. The molecule has 1 aromatic rings. The zero-order chi connectivity index (χ0) is 11.4. The van der Waals surface area contributed by atoms with Gasteiger partial charge in [0.25, 0.3) is 0 Å². The van der Waals surface area contributed by atoms with Gasteiger partial charge in [0.15, 0.2) is 0 Å². The molecule has 0 aliphatic heterocycles. The van der Waals surface area contributed by atoms with Crippen molar-refractivity contribution in [1.29, 1.82) is 0 Å². The van der Waals surface area contributed by atoms with Gasteiger partial charge in [0.2, 0.25) is 0 Å². The molecule has 82 valence electrons. The van der Waals surface area contributed by atoms with Crippen LogP contribution in [0.4, 0.5) is 0 Å². The number of hydrogen-bond donors (Lipinski definition) is 0. The first-order valence-corrected chi connectivity index (χ1v) is 6.51. The Morgan fingerprint density at radius 2 is 2.20 bits per heavy atom. The molecule has 0 saturated carbocycles. The van der Waals surface area contributed by atoms with Gasteiger partial charge in [0.1, 0.15) is 16.4 Å². The van der Waals surface area contributed by atoms with Crippen LogP contribution in [-0.4, -0.2) is 12.9 Å². The molecule has 0 saturated heterocycles. The minimum absolute atomic E-state index is 0.0693. The maximum Gasteiger partial charge on any atom is 0.147 e. The summed E-state index contributed by atoms with van der Waals surface area (Å²) in [7, 11) is 1.61. The van der Waals surface area contributed by atoms with Gasteiger partial charge >= 0.3 is 0 Å². The van der Waals surface area contributed by atoms with E-state index >= 15 is 0 Å². The number of hydrogen-bond acceptors (Lipinski definition) is 2. The lowest BCUT2D eigenvalue weighted by molar-refractivity contribution is -0.116. The van der Waals surface area contributed by atoms with Crippen LogP contribution in [0.5, 0.6) is 5.75 Å². The van der Waals surface area contributed by atoms with E-state index in [0.717, 1.165) is 22.2 Å². The molecule has 1 aromatic carbocycles. The molecule has 15 heavy (non-hydrogen) atoms. The normalized spacial score (nSPS) is 12.3. The van der Waals surface area contributed by atoms with E-state index in [0.29, 0.717) is 0 Å². The molecule has 4 heteroatoms. The van der Waals surface area contributed by atoms with Crippen molar-refractivity contribution in [3.8, 4) is 5.75 Å². The van der Waals surface area contributed by atoms with Gasteiger partial charge < -0.3 is 4.74 Å². The number of rotatable bonds is 4. The second kappa shape index (κ2) is 5.66. The Balaban J connectivity index is 3.12. The van der Waals surface area contributed by atoms with Gasteiger partial charge in [-0.1, -0.05) is 44.0 Å². The molecule has 0 amide bonds. The van der Waals surface area contributed by atoms with Crippen molar-refractivity contribution in [2.24, 2.45) is 0 Å². The fraction of sp³-hybridized carbons (Fsp3) is 0.364. The number of halogens is 2. The van der Waals surface area contributed by atoms with Crippen molar-refractivity contribution >= 4 is 37.6 Å². The van der Waals surface area contributed by atoms with Gasteiger partial charge in [-0.3, -0.25) is 4.79 Å². The van der Waals surface area contributed by atoms with E-state index in [1.807, 2.05) is 18.2 Å². The van der Waals surface area contributed by atoms with Crippen LogP contribution >= 0.6 is 31.9 Å². The molecule has 0 aliphatic rings. The predicted molar refractivity (Wildman–Crippen MR) is 68.0 cm³/mol. The van der Waals surface area contributed by atoms with Crippen molar-refractivity contribution in [1.82, 2.24) is 0 Å². The number of Topliss-reactive ketones (excluding diaryl/α,β-unsaturated/α-hetero) is 1. The molecule has 0 aromatic heterocycles. The molecule has 0 heterocycles. The molecule has 1 rings (SSSR count). The molecule has 0 fully saturated rings. The summed E-state index contributed by atoms with van der Waals surface area (Å²) in [5.74, 6) is 0.809. The SMILES string of the molecule is COc1cc(CBr)ccc1C(Br)C(C)=O. The zero-order valence-corrected chi connectivity index (χ0v) is 11.8. The van der Waals surface area contributed by atoms with E-state index in [9.17, 15) is 4.79 Å². The average Bonchev–Trinajstić information content (AvgIpc) is 2.27. The van der Waals surface area contributed by atoms with E-state index in [1.165, 1.54) is 0 Å². The van der Waals surface area contributed by atoms with Crippen molar-refractivity contribution in [2.45, 2.75) is 17.1 Å². The fourth-order valence-corrected chi connectivity index (χ4v) is 1.99. The summed E-state index contributed by atoms with van der Waals surface area (Å²) in [5, 5.41) is 0.774. The molecule has 1 atom stereocenters. The second-order valence-corrected chi connectivity index (χ2v) is 4.66. The molecule has 0 radical (unpaired) electrons. The van der Waals surface area contributed by atoms with Gasteiger partial charge in [-0.05, 0) is 18.6 Å². The quantitative estimate of drug-likeness (QED) is 0.785. The molecule has 0 bridgehead atoms. The first-order valence-electron chi connectivity index (χ1n) is 4.47. The molecule has 0 aliphatic carbocycles. The van der Waals surface area contributed by atoms with Gasteiger partial charge in [0.05, 0.1) is 7.11 Å². The maximum absolute atomic E-state index is 11.3. The summed E-state index contributed by atoms with van der Waals surface area (Å²) in [4.78, 5) is 11.0. The minimum atomic E-state index is -0.295. The first kappa shape index (κ1) is 12.7. The van der Waals surface area contributed by atoms with Gasteiger partial charge in [-0.15, -0.1) is 0 Å². The van der Waals surface area contributed by atoms with Crippen molar-refractivity contribution in [3.05, 3.63) is 29.3 Å². The van der Waals surface area contributed by atoms with Crippen LogP contribution in [0.2, 0.25) is 0 Å². The van der Waals surface area contributed by atoms with Crippen LogP contribution in [0.3, 0.4) is 0 Å². The Hall–Kier alpha value is -0.350. The van der Waals surface area contributed by atoms with Crippen LogP contribution in [0.1, 0.15) is 22.9 Å². The van der Waals surface area contributed by atoms with Crippen LogP contribution < -0.4 is 4.74 Å². The van der Waals surface area contributed by atoms with E-state index in [-0.39, 0.29) is 10.6 Å². The lowest BCUT2D eigenvalue weighted by Gasteiger charge is -2.12. The minimum Gasteiger partial charge on any atom is -0.496 e. The summed E-state index contributed by atoms with van der Waals surface area (Å²) in [6.45, 7) is 1.55. The highest BCUT2D eigenvalue weighted by Crippen LogP contribution is 2.32. The van der Waals surface area contributed by atoms with E-state index in [2.05, 4.69) is 31.9 Å². The predicted octanol–water partition coefficient (Wildman–Crippen LogP) is 3.62. The van der Waals surface area contributed by atoms with E-state index in [4.69, 9.17) is 4.74 Å². The molecular weight excluding hydrogens is 324 g/mol. The van der Waals surface area contributed by atoms with Crippen molar-refractivity contribution in [2.75, 3.05) is 7.11 Å². The van der Waals surface area contributed by atoms with Crippen molar-refractivity contribution in [3.63, 3.8) is 0 Å². The number of methoxy groups -OCH3 is 1. The highest BCUT2D eigenvalue weighted by Gasteiger charge is 2.17. The number of benzene rings is 1. The highest BCUT2D eigenvalue weighted by atomic mass is 79.9.